The molecule has 3 heterocycles. The molecule has 1 aromatic carbocycles. The summed E-state index contributed by atoms with van der Waals surface area (Å²) >= 11 is 1.55. The third-order valence-corrected chi connectivity index (χ3v) is 10.00. The van der Waals surface area contributed by atoms with Gasteiger partial charge in [0.05, 0.1) is 17.2 Å². The Balaban J connectivity index is 1.69. The van der Waals surface area contributed by atoms with E-state index < -0.39 is 24.2 Å². The summed E-state index contributed by atoms with van der Waals surface area (Å²) in [6.07, 6.45) is 11.7. The van der Waals surface area contributed by atoms with Crippen molar-refractivity contribution in [1.82, 2.24) is 9.80 Å². The molecular formula is C36H49N3O5S. The zero-order valence-electron chi connectivity index (χ0n) is 27.6. The van der Waals surface area contributed by atoms with Gasteiger partial charge in [0.15, 0.2) is 0 Å². The predicted octanol–water partition coefficient (Wildman–Crippen LogP) is 5.78. The first-order chi connectivity index (χ1) is 21.6. The van der Waals surface area contributed by atoms with E-state index in [1.54, 1.807) is 25.9 Å². The lowest BCUT2D eigenvalue weighted by Crippen LogP contribution is -2.49. The second kappa shape index (κ2) is 16.4. The molecule has 8 nitrogen and oxygen atoms in total. The highest BCUT2D eigenvalue weighted by atomic mass is 32.2. The third kappa shape index (κ3) is 9.42. The number of carbonyl (C=O) groups excluding carboxylic acids is 3. The van der Waals surface area contributed by atoms with Crippen LogP contribution in [0.25, 0.3) is 0 Å². The minimum absolute atomic E-state index is 0.0344. The van der Waals surface area contributed by atoms with Gasteiger partial charge < -0.3 is 19.3 Å². The number of hydrogen-bond donors (Lipinski definition) is 0. The molecule has 9 heteroatoms. The molecular weight excluding hydrogens is 586 g/mol. The van der Waals surface area contributed by atoms with Crippen molar-refractivity contribution in [3.8, 4) is 0 Å². The van der Waals surface area contributed by atoms with Gasteiger partial charge in [0.2, 0.25) is 11.8 Å². The summed E-state index contributed by atoms with van der Waals surface area (Å²) in [6, 6.07) is 8.14. The largest absolute Gasteiger partial charge is 0.460 e. The van der Waals surface area contributed by atoms with Gasteiger partial charge in [-0.3, -0.25) is 14.6 Å². The molecule has 1 saturated heterocycles. The number of methoxy groups -OCH3 is 1. The van der Waals surface area contributed by atoms with Crippen LogP contribution in [0.4, 0.5) is 0 Å². The topological polar surface area (TPSA) is 88.5 Å². The quantitative estimate of drug-likeness (QED) is 0.382. The maximum atomic E-state index is 14.0. The van der Waals surface area contributed by atoms with Crippen molar-refractivity contribution in [1.29, 1.82) is 0 Å². The van der Waals surface area contributed by atoms with E-state index in [2.05, 4.69) is 19.1 Å². The molecule has 2 amide bonds. The van der Waals surface area contributed by atoms with Gasteiger partial charge in [-0.2, -0.15) is 0 Å². The number of carbonyl (C=O) groups is 3. The van der Waals surface area contributed by atoms with E-state index in [1.807, 2.05) is 68.2 Å². The average molecular weight is 636 g/mol. The van der Waals surface area contributed by atoms with Crippen molar-refractivity contribution in [2.75, 3.05) is 26.5 Å². The van der Waals surface area contributed by atoms with Crippen LogP contribution in [0.5, 0.6) is 0 Å². The Bertz CT molecular complexity index is 1320. The number of benzene rings is 1. The van der Waals surface area contributed by atoms with Crippen molar-refractivity contribution in [2.45, 2.75) is 96.6 Å². The summed E-state index contributed by atoms with van der Waals surface area (Å²) < 4.78 is 11.7. The average Bonchev–Trinajstić information content (AvgIpc) is 3.71. The maximum absolute atomic E-state index is 14.0. The molecule has 2 unspecified atom stereocenters. The van der Waals surface area contributed by atoms with E-state index in [0.29, 0.717) is 31.6 Å². The minimum atomic E-state index is -0.818. The number of amides is 2. The van der Waals surface area contributed by atoms with Crippen LogP contribution < -0.4 is 0 Å². The summed E-state index contributed by atoms with van der Waals surface area (Å²) in [4.78, 5) is 49.7. The van der Waals surface area contributed by atoms with Gasteiger partial charge in [-0.25, -0.2) is 4.79 Å². The molecule has 1 fully saturated rings. The van der Waals surface area contributed by atoms with E-state index in [9.17, 15) is 14.4 Å². The number of likely N-dealkylation sites (N-methyl/N-ethyl adjacent to an activating group) is 1. The maximum Gasteiger partial charge on any atom is 0.329 e. The molecule has 4 rings (SSSR count). The third-order valence-electron chi connectivity index (χ3n) is 8.84. The lowest BCUT2D eigenvalue weighted by Gasteiger charge is -2.30. The second-order valence-corrected chi connectivity index (χ2v) is 13.7. The van der Waals surface area contributed by atoms with Crippen molar-refractivity contribution < 1.29 is 23.9 Å². The first-order valence-electron chi connectivity index (χ1n) is 16.1. The van der Waals surface area contributed by atoms with Crippen molar-refractivity contribution >= 4 is 34.6 Å². The van der Waals surface area contributed by atoms with E-state index in [1.165, 1.54) is 4.90 Å². The summed E-state index contributed by atoms with van der Waals surface area (Å²) in [6.45, 7) is 8.68. The number of allylic oxidation sites excluding steroid dienone is 4. The monoisotopic (exact) mass is 635 g/mol. The number of cyclic esters (lactones) is 1. The molecule has 2 bridgehead atoms. The number of aliphatic imine (C=N–C) groups is 1. The SMILES string of the molecule is COC(C)CC1C/C(C)=C/C=C/C[C@@H](C)/C=C(\C)C(=O)N2CCC[C@H]2C2=N[C@@H](CS2)C(=O)N(C)[C@@H](Cc2ccccc2)C(=O)O1. The molecule has 3 aliphatic heterocycles. The number of rotatable bonds is 5. The van der Waals surface area contributed by atoms with Crippen LogP contribution in [0.3, 0.4) is 0 Å². The van der Waals surface area contributed by atoms with Crippen LogP contribution in [-0.2, 0) is 30.3 Å². The lowest BCUT2D eigenvalue weighted by atomic mass is 10.0. The standard InChI is InChI=1S/C36H49N3O5S/c1-24-13-10-11-14-25(2)20-29(21-27(4)43-6)44-36(42)32(22-28-15-8-7-9-16-28)38(5)35(41)30-23-45-33(37-30)31-17-12-18-39(31)34(40)26(3)19-24/h7-11,14-16,19,24,27,29-32H,12-13,17-18,20-23H2,1-6H3/b11-10+,25-14+,26-19+/t24-,27?,29?,30+,31+,32+/m1/s1. The highest BCUT2D eigenvalue weighted by Crippen LogP contribution is 2.31. The van der Waals surface area contributed by atoms with Gasteiger partial charge in [0.1, 0.15) is 18.2 Å². The fourth-order valence-electron chi connectivity index (χ4n) is 6.20. The van der Waals surface area contributed by atoms with Crippen molar-refractivity contribution in [2.24, 2.45) is 10.9 Å². The summed E-state index contributed by atoms with van der Waals surface area (Å²) in [5.41, 5.74) is 2.75. The fourth-order valence-corrected chi connectivity index (χ4v) is 7.38. The Morgan fingerprint density at radius 1 is 1.16 bits per heavy atom. The Morgan fingerprint density at radius 2 is 1.91 bits per heavy atom. The smallest absolute Gasteiger partial charge is 0.329 e. The van der Waals surface area contributed by atoms with Gasteiger partial charge >= 0.3 is 5.97 Å². The first kappa shape index (κ1) is 34.7. The van der Waals surface area contributed by atoms with Gasteiger partial charge in [0, 0.05) is 51.3 Å². The Labute approximate surface area is 273 Å². The molecule has 6 atom stereocenters. The minimum Gasteiger partial charge on any atom is -0.460 e. The van der Waals surface area contributed by atoms with E-state index >= 15 is 0 Å². The van der Waals surface area contributed by atoms with Crippen LogP contribution >= 0.6 is 11.8 Å². The number of fused-ring (bicyclic) bond motifs is 3. The van der Waals surface area contributed by atoms with E-state index in [0.717, 1.165) is 41.0 Å². The van der Waals surface area contributed by atoms with Gasteiger partial charge in [0.25, 0.3) is 0 Å². The molecule has 0 saturated carbocycles. The summed E-state index contributed by atoms with van der Waals surface area (Å²) in [5.74, 6) is 0.0650. The number of nitrogens with zero attached hydrogens (tertiary/aromatic N) is 3. The summed E-state index contributed by atoms with van der Waals surface area (Å²) in [5, 5.41) is 0.833. The molecule has 45 heavy (non-hydrogen) atoms. The summed E-state index contributed by atoms with van der Waals surface area (Å²) in [7, 11) is 3.33. The number of thioether (sulfide) groups is 1. The molecule has 0 radical (unpaired) electrons. The normalized spacial score (nSPS) is 31.1. The van der Waals surface area contributed by atoms with Crippen LogP contribution in [0.2, 0.25) is 0 Å². The van der Waals surface area contributed by atoms with Crippen LogP contribution in [0.15, 0.2) is 70.8 Å². The Kier molecular flexibility index (Phi) is 12.7. The van der Waals surface area contributed by atoms with Gasteiger partial charge in [-0.05, 0) is 51.5 Å². The van der Waals surface area contributed by atoms with E-state index in [4.69, 9.17) is 14.5 Å². The fraction of sp³-hybridized carbons (Fsp3) is 0.556. The van der Waals surface area contributed by atoms with E-state index in [-0.39, 0.29) is 29.9 Å². The first-order valence-corrected chi connectivity index (χ1v) is 17.1. The zero-order chi connectivity index (χ0) is 32.5. The predicted molar refractivity (Wildman–Crippen MR) is 181 cm³/mol. The van der Waals surface area contributed by atoms with Crippen molar-refractivity contribution in [3.63, 3.8) is 0 Å². The highest BCUT2D eigenvalue weighted by Gasteiger charge is 2.40. The Morgan fingerprint density at radius 3 is 2.64 bits per heavy atom. The molecule has 3 aliphatic rings. The second-order valence-electron chi connectivity index (χ2n) is 12.7. The van der Waals surface area contributed by atoms with Crippen LogP contribution in [-0.4, -0.2) is 89.4 Å². The molecule has 1 aromatic rings. The molecule has 0 aliphatic carbocycles. The Hall–Kier alpha value is -3.17. The number of ether oxygens (including phenoxy) is 2. The molecule has 244 valence electrons. The molecule has 0 spiro atoms. The van der Waals surface area contributed by atoms with Crippen LogP contribution in [0, 0.1) is 5.92 Å². The number of hydrogen-bond acceptors (Lipinski definition) is 7. The number of esters is 1. The van der Waals surface area contributed by atoms with Gasteiger partial charge in [-0.1, -0.05) is 67.1 Å². The lowest BCUT2D eigenvalue weighted by molar-refractivity contribution is -0.160. The molecule has 0 N–H and O–H groups in total. The van der Waals surface area contributed by atoms with Crippen LogP contribution in [0.1, 0.15) is 65.4 Å². The highest BCUT2D eigenvalue weighted by molar-refractivity contribution is 8.14. The van der Waals surface area contributed by atoms with Gasteiger partial charge in [-0.15, -0.1) is 11.8 Å². The zero-order valence-corrected chi connectivity index (χ0v) is 28.4. The van der Waals surface area contributed by atoms with Crippen molar-refractivity contribution in [3.05, 3.63) is 71.3 Å². The molecule has 0 aromatic heterocycles.